The second-order valence-electron chi connectivity index (χ2n) is 4.29. The first-order chi connectivity index (χ1) is 9.70. The van der Waals surface area contributed by atoms with E-state index in [1.807, 2.05) is 0 Å². The molecule has 0 heterocycles. The van der Waals surface area contributed by atoms with Crippen molar-refractivity contribution in [1.82, 2.24) is 0 Å². The number of halogens is 4. The van der Waals surface area contributed by atoms with E-state index in [1.165, 1.54) is 12.1 Å². The number of sulfonamides is 1. The van der Waals surface area contributed by atoms with Crippen molar-refractivity contribution < 1.29 is 17.2 Å². The molecule has 0 aliphatic heterocycles. The Bertz CT molecular complexity index is 787. The minimum absolute atomic E-state index is 0.0365. The van der Waals surface area contributed by atoms with Crippen LogP contribution in [0.4, 0.5) is 14.5 Å². The van der Waals surface area contributed by atoms with Crippen molar-refractivity contribution >= 4 is 47.6 Å². The van der Waals surface area contributed by atoms with Crippen molar-refractivity contribution in [3.8, 4) is 0 Å². The summed E-state index contributed by atoms with van der Waals surface area (Å²) in [4.78, 5) is -0.205. The predicted molar refractivity (Wildman–Crippen MR) is 83.7 cm³/mol. The van der Waals surface area contributed by atoms with Gasteiger partial charge in [-0.05, 0) is 68.6 Å². The summed E-state index contributed by atoms with van der Waals surface area (Å²) in [5.41, 5.74) is 0.489. The van der Waals surface area contributed by atoms with Gasteiger partial charge in [-0.1, -0.05) is 6.07 Å². The second kappa shape index (κ2) is 6.02. The zero-order valence-corrected chi connectivity index (χ0v) is 14.6. The Labute approximate surface area is 137 Å². The molecule has 0 radical (unpaired) electrons. The number of rotatable bonds is 3. The number of nitrogens with one attached hydrogen (secondary N) is 1. The van der Waals surface area contributed by atoms with Crippen molar-refractivity contribution in [3.63, 3.8) is 0 Å². The molecule has 0 saturated carbocycles. The largest absolute Gasteiger partial charge is 0.277 e. The van der Waals surface area contributed by atoms with E-state index in [9.17, 15) is 17.2 Å². The zero-order chi connectivity index (χ0) is 15.8. The highest BCUT2D eigenvalue weighted by Gasteiger charge is 2.23. The smallest absolute Gasteiger partial charge is 0.264 e. The minimum Gasteiger partial charge on any atom is -0.277 e. The molecule has 0 unspecified atom stereocenters. The summed E-state index contributed by atoms with van der Waals surface area (Å²) < 4.78 is 53.8. The van der Waals surface area contributed by atoms with Gasteiger partial charge in [0.15, 0.2) is 0 Å². The molecule has 2 aromatic rings. The average Bonchev–Trinajstić information content (AvgIpc) is 2.30. The molecule has 0 aliphatic carbocycles. The van der Waals surface area contributed by atoms with Crippen molar-refractivity contribution in [2.75, 3.05) is 4.72 Å². The summed E-state index contributed by atoms with van der Waals surface area (Å²) >= 11 is 5.99. The van der Waals surface area contributed by atoms with Gasteiger partial charge in [0, 0.05) is 8.95 Å². The molecule has 21 heavy (non-hydrogen) atoms. The van der Waals surface area contributed by atoms with Crippen LogP contribution in [0.25, 0.3) is 0 Å². The minimum atomic E-state index is -4.08. The summed E-state index contributed by atoms with van der Waals surface area (Å²) in [6.45, 7) is 1.69. The van der Waals surface area contributed by atoms with Gasteiger partial charge in [-0.25, -0.2) is 17.2 Å². The number of hydrogen-bond acceptors (Lipinski definition) is 2. The normalized spacial score (nSPS) is 11.5. The second-order valence-corrected chi connectivity index (χ2v) is 7.62. The highest BCUT2D eigenvalue weighted by atomic mass is 79.9. The Morgan fingerprint density at radius 1 is 1.05 bits per heavy atom. The van der Waals surface area contributed by atoms with Gasteiger partial charge in [-0.15, -0.1) is 0 Å². The lowest BCUT2D eigenvalue weighted by atomic mass is 10.2. The van der Waals surface area contributed by atoms with Crippen LogP contribution in [0.15, 0.2) is 44.2 Å². The van der Waals surface area contributed by atoms with Crippen LogP contribution in [0.5, 0.6) is 0 Å². The maximum absolute atomic E-state index is 13.8. The van der Waals surface area contributed by atoms with E-state index in [4.69, 9.17) is 0 Å². The van der Waals surface area contributed by atoms with Gasteiger partial charge in [-0.2, -0.15) is 0 Å². The highest BCUT2D eigenvalue weighted by Crippen LogP contribution is 2.32. The monoisotopic (exact) mass is 439 g/mol. The van der Waals surface area contributed by atoms with Gasteiger partial charge in [0.05, 0.1) is 5.69 Å². The zero-order valence-electron chi connectivity index (χ0n) is 10.6. The van der Waals surface area contributed by atoms with E-state index >= 15 is 0 Å². The van der Waals surface area contributed by atoms with E-state index in [2.05, 4.69) is 36.6 Å². The molecule has 0 fully saturated rings. The SMILES string of the molecule is Cc1ccc(NS(=O)(=O)c2c(Br)cc(F)cc2Br)c(F)c1. The summed E-state index contributed by atoms with van der Waals surface area (Å²) in [5, 5.41) is 0. The van der Waals surface area contributed by atoms with Crippen LogP contribution in [0.3, 0.4) is 0 Å². The third-order valence-corrected chi connectivity index (χ3v) is 5.84. The Hall–Kier alpha value is -0.990. The Morgan fingerprint density at radius 2 is 1.62 bits per heavy atom. The molecule has 2 rings (SSSR count). The molecule has 0 amide bonds. The Balaban J connectivity index is 2.48. The average molecular weight is 441 g/mol. The van der Waals surface area contributed by atoms with E-state index in [1.54, 1.807) is 13.0 Å². The van der Waals surface area contributed by atoms with E-state index < -0.39 is 21.7 Å². The predicted octanol–water partition coefficient (Wildman–Crippen LogP) is 4.60. The van der Waals surface area contributed by atoms with Crippen LogP contribution in [0, 0.1) is 18.6 Å². The van der Waals surface area contributed by atoms with Crippen molar-refractivity contribution in [3.05, 3.63) is 56.5 Å². The topological polar surface area (TPSA) is 46.2 Å². The Kier molecular flexibility index (Phi) is 4.69. The lowest BCUT2D eigenvalue weighted by molar-refractivity contribution is 0.595. The summed E-state index contributed by atoms with van der Waals surface area (Å²) in [5.74, 6) is -1.29. The molecule has 0 spiro atoms. The fourth-order valence-corrected chi connectivity index (χ4v) is 5.28. The molecule has 112 valence electrons. The van der Waals surface area contributed by atoms with Crippen molar-refractivity contribution in [2.45, 2.75) is 11.8 Å². The van der Waals surface area contributed by atoms with Crippen molar-refractivity contribution in [2.24, 2.45) is 0 Å². The molecule has 2 aromatic carbocycles. The fraction of sp³-hybridized carbons (Fsp3) is 0.0769. The van der Waals surface area contributed by atoms with Crippen LogP contribution < -0.4 is 4.72 Å². The van der Waals surface area contributed by atoms with Gasteiger partial charge in [0.25, 0.3) is 10.0 Å². The highest BCUT2D eigenvalue weighted by molar-refractivity contribution is 9.11. The standard InChI is InChI=1S/C13H9Br2F2NO2S/c1-7-2-3-12(11(17)4-7)18-21(19,20)13-9(14)5-8(16)6-10(13)15/h2-6,18H,1H3. The number of benzene rings is 2. The van der Waals surface area contributed by atoms with Gasteiger partial charge in [0.2, 0.25) is 0 Å². The van der Waals surface area contributed by atoms with E-state index in [-0.39, 0.29) is 19.5 Å². The summed E-state index contributed by atoms with van der Waals surface area (Å²) in [6.07, 6.45) is 0. The molecular formula is C13H9Br2F2NO2S. The first-order valence-corrected chi connectivity index (χ1v) is 8.71. The molecule has 3 nitrogen and oxygen atoms in total. The van der Waals surface area contributed by atoms with Gasteiger partial charge >= 0.3 is 0 Å². The quantitative estimate of drug-likeness (QED) is 0.758. The first kappa shape index (κ1) is 16.4. The molecule has 0 saturated heterocycles. The third-order valence-electron chi connectivity index (χ3n) is 2.60. The van der Waals surface area contributed by atoms with Crippen molar-refractivity contribution in [1.29, 1.82) is 0 Å². The third kappa shape index (κ3) is 3.61. The Morgan fingerprint density at radius 3 is 2.14 bits per heavy atom. The summed E-state index contributed by atoms with van der Waals surface area (Å²) in [6, 6.07) is 6.16. The fourth-order valence-electron chi connectivity index (χ4n) is 1.68. The number of aryl methyl sites for hydroxylation is 1. The lowest BCUT2D eigenvalue weighted by Gasteiger charge is -2.12. The van der Waals surface area contributed by atoms with Crippen LogP contribution in [-0.4, -0.2) is 8.42 Å². The van der Waals surface area contributed by atoms with Gasteiger partial charge in [-0.3, -0.25) is 4.72 Å². The molecule has 0 atom stereocenters. The number of hydrogen-bond donors (Lipinski definition) is 1. The van der Waals surface area contributed by atoms with Gasteiger partial charge in [0.1, 0.15) is 16.5 Å². The molecule has 1 N–H and O–H groups in total. The number of anilines is 1. The van der Waals surface area contributed by atoms with E-state index in [0.29, 0.717) is 5.56 Å². The first-order valence-electron chi connectivity index (χ1n) is 5.64. The van der Waals surface area contributed by atoms with E-state index in [0.717, 1.165) is 12.1 Å². The molecule has 0 aromatic heterocycles. The molecule has 0 bridgehead atoms. The summed E-state index contributed by atoms with van der Waals surface area (Å²) in [7, 11) is -4.08. The maximum atomic E-state index is 13.8. The molecule has 0 aliphatic rings. The van der Waals surface area contributed by atoms with Gasteiger partial charge < -0.3 is 0 Å². The van der Waals surface area contributed by atoms with Crippen LogP contribution in [-0.2, 0) is 10.0 Å². The van der Waals surface area contributed by atoms with Crippen LogP contribution in [0.1, 0.15) is 5.56 Å². The van der Waals surface area contributed by atoms with Crippen LogP contribution >= 0.6 is 31.9 Å². The molecule has 8 heteroatoms. The lowest BCUT2D eigenvalue weighted by Crippen LogP contribution is -2.15. The molecular weight excluding hydrogens is 432 g/mol. The maximum Gasteiger partial charge on any atom is 0.264 e. The van der Waals surface area contributed by atoms with Crippen LogP contribution in [0.2, 0.25) is 0 Å².